The minimum absolute atomic E-state index is 0.128. The second-order valence-corrected chi connectivity index (χ2v) is 5.16. The number of pyridine rings is 1. The molecule has 1 aliphatic rings. The first-order valence-corrected chi connectivity index (χ1v) is 6.61. The molecule has 0 amide bonds. The third-order valence-corrected chi connectivity index (χ3v) is 2.93. The lowest BCUT2D eigenvalue weighted by atomic mass is 10.3. The van der Waals surface area contributed by atoms with E-state index in [0.29, 0.717) is 5.88 Å². The number of anilines is 1. The van der Waals surface area contributed by atoms with Gasteiger partial charge in [0.25, 0.3) is 0 Å². The van der Waals surface area contributed by atoms with Gasteiger partial charge in [-0.3, -0.25) is 0 Å². The highest BCUT2D eigenvalue weighted by atomic mass is 79.9. The summed E-state index contributed by atoms with van der Waals surface area (Å²) in [5.41, 5.74) is 1.04. The number of ether oxygens (including phenoxy) is 2. The third-order valence-electron chi connectivity index (χ3n) is 2.50. The number of rotatable bonds is 3. The normalized spacial score (nSPS) is 16.4. The second kappa shape index (κ2) is 5.69. The molecular formula is C12H17BrN2O2. The molecule has 0 atom stereocenters. The largest absolute Gasteiger partial charge is 0.473 e. The quantitative estimate of drug-likeness (QED) is 0.859. The average molecular weight is 301 g/mol. The van der Waals surface area contributed by atoms with Crippen LogP contribution < -0.4 is 9.64 Å². The number of hydrogen-bond donors (Lipinski definition) is 0. The Balaban J connectivity index is 2.25. The maximum absolute atomic E-state index is 5.74. The Morgan fingerprint density at radius 2 is 2.12 bits per heavy atom. The van der Waals surface area contributed by atoms with E-state index >= 15 is 0 Å². The van der Waals surface area contributed by atoms with E-state index in [4.69, 9.17) is 9.47 Å². The lowest BCUT2D eigenvalue weighted by Crippen LogP contribution is -2.36. The predicted molar refractivity (Wildman–Crippen MR) is 70.7 cm³/mol. The Labute approximate surface area is 110 Å². The summed E-state index contributed by atoms with van der Waals surface area (Å²) < 4.78 is 12.1. The van der Waals surface area contributed by atoms with E-state index in [1.807, 2.05) is 13.8 Å². The van der Waals surface area contributed by atoms with Crippen LogP contribution in [-0.2, 0) is 4.74 Å². The summed E-state index contributed by atoms with van der Waals surface area (Å²) >= 11 is 3.45. The molecule has 0 aromatic carbocycles. The molecule has 94 valence electrons. The van der Waals surface area contributed by atoms with E-state index in [9.17, 15) is 0 Å². The van der Waals surface area contributed by atoms with E-state index < -0.39 is 0 Å². The van der Waals surface area contributed by atoms with Crippen molar-refractivity contribution in [1.29, 1.82) is 0 Å². The maximum Gasteiger partial charge on any atom is 0.237 e. The fraction of sp³-hybridized carbons (Fsp3) is 0.583. The number of morpholine rings is 1. The van der Waals surface area contributed by atoms with Gasteiger partial charge in [0.1, 0.15) is 5.69 Å². The van der Waals surface area contributed by atoms with Crippen molar-refractivity contribution in [3.63, 3.8) is 0 Å². The van der Waals surface area contributed by atoms with Gasteiger partial charge in [-0.2, -0.15) is 0 Å². The van der Waals surface area contributed by atoms with Crippen molar-refractivity contribution in [2.75, 3.05) is 31.2 Å². The van der Waals surface area contributed by atoms with Crippen LogP contribution in [0.1, 0.15) is 13.8 Å². The topological polar surface area (TPSA) is 34.6 Å². The lowest BCUT2D eigenvalue weighted by molar-refractivity contribution is 0.122. The first-order valence-electron chi connectivity index (χ1n) is 5.81. The van der Waals surface area contributed by atoms with Gasteiger partial charge in [0.15, 0.2) is 0 Å². The molecule has 0 bridgehead atoms. The summed E-state index contributed by atoms with van der Waals surface area (Å²) in [6.45, 7) is 7.29. The van der Waals surface area contributed by atoms with Crippen LogP contribution in [0.4, 0.5) is 5.69 Å². The molecule has 1 aliphatic heterocycles. The molecule has 0 spiro atoms. The first kappa shape index (κ1) is 12.6. The van der Waals surface area contributed by atoms with Crippen molar-refractivity contribution in [3.8, 4) is 5.88 Å². The standard InChI is InChI=1S/C12H17BrN2O2/c1-9(2)17-12-11(7-10(13)8-14-12)15-3-5-16-6-4-15/h7-9H,3-6H2,1-2H3. The summed E-state index contributed by atoms with van der Waals surface area (Å²) in [7, 11) is 0. The van der Waals surface area contributed by atoms with E-state index in [2.05, 4.69) is 31.9 Å². The zero-order valence-corrected chi connectivity index (χ0v) is 11.7. The molecule has 0 N–H and O–H groups in total. The van der Waals surface area contributed by atoms with Gasteiger partial charge in [0.05, 0.1) is 19.3 Å². The molecule has 17 heavy (non-hydrogen) atoms. The van der Waals surface area contributed by atoms with Crippen molar-refractivity contribution in [2.24, 2.45) is 0 Å². The summed E-state index contributed by atoms with van der Waals surface area (Å²) in [5, 5.41) is 0. The molecule has 1 aromatic heterocycles. The Hall–Kier alpha value is -0.810. The third kappa shape index (κ3) is 3.33. The molecule has 0 aliphatic carbocycles. The maximum atomic E-state index is 5.74. The molecular weight excluding hydrogens is 284 g/mol. The van der Waals surface area contributed by atoms with Gasteiger partial charge in [-0.25, -0.2) is 4.98 Å². The van der Waals surface area contributed by atoms with Crippen molar-refractivity contribution in [1.82, 2.24) is 4.98 Å². The summed E-state index contributed by atoms with van der Waals surface area (Å²) in [6.07, 6.45) is 1.89. The van der Waals surface area contributed by atoms with Crippen molar-refractivity contribution in [3.05, 3.63) is 16.7 Å². The van der Waals surface area contributed by atoms with Gasteiger partial charge in [-0.05, 0) is 35.8 Å². The van der Waals surface area contributed by atoms with Crippen molar-refractivity contribution < 1.29 is 9.47 Å². The Morgan fingerprint density at radius 1 is 1.41 bits per heavy atom. The van der Waals surface area contributed by atoms with Gasteiger partial charge >= 0.3 is 0 Å². The van der Waals surface area contributed by atoms with Crippen LogP contribution in [0.25, 0.3) is 0 Å². The number of aromatic nitrogens is 1. The number of nitrogens with zero attached hydrogens (tertiary/aromatic N) is 2. The van der Waals surface area contributed by atoms with Crippen LogP contribution in [-0.4, -0.2) is 37.4 Å². The average Bonchev–Trinajstić information content (AvgIpc) is 2.32. The van der Waals surface area contributed by atoms with Crippen LogP contribution >= 0.6 is 15.9 Å². The van der Waals surface area contributed by atoms with Crippen LogP contribution in [0.5, 0.6) is 5.88 Å². The van der Waals surface area contributed by atoms with Gasteiger partial charge in [-0.1, -0.05) is 0 Å². The van der Waals surface area contributed by atoms with Crippen LogP contribution in [0.15, 0.2) is 16.7 Å². The highest BCUT2D eigenvalue weighted by Gasteiger charge is 2.17. The molecule has 2 heterocycles. The molecule has 5 heteroatoms. The molecule has 1 fully saturated rings. The van der Waals surface area contributed by atoms with Crippen molar-refractivity contribution >= 4 is 21.6 Å². The van der Waals surface area contributed by atoms with Crippen LogP contribution in [0.2, 0.25) is 0 Å². The van der Waals surface area contributed by atoms with Gasteiger partial charge < -0.3 is 14.4 Å². The van der Waals surface area contributed by atoms with Gasteiger partial charge in [0.2, 0.25) is 5.88 Å². The molecule has 0 radical (unpaired) electrons. The summed E-state index contributed by atoms with van der Waals surface area (Å²) in [6, 6.07) is 2.05. The fourth-order valence-electron chi connectivity index (χ4n) is 1.76. The monoisotopic (exact) mass is 300 g/mol. The first-order chi connectivity index (χ1) is 8.16. The smallest absolute Gasteiger partial charge is 0.237 e. The van der Waals surface area contributed by atoms with Gasteiger partial charge in [-0.15, -0.1) is 0 Å². The minimum atomic E-state index is 0.128. The SMILES string of the molecule is CC(C)Oc1ncc(Br)cc1N1CCOCC1. The summed E-state index contributed by atoms with van der Waals surface area (Å²) in [4.78, 5) is 6.59. The van der Waals surface area contributed by atoms with Gasteiger partial charge in [0, 0.05) is 23.8 Å². The van der Waals surface area contributed by atoms with E-state index in [1.54, 1.807) is 6.20 Å². The fourth-order valence-corrected chi connectivity index (χ4v) is 2.08. The zero-order chi connectivity index (χ0) is 12.3. The number of halogens is 1. The van der Waals surface area contributed by atoms with E-state index in [-0.39, 0.29) is 6.10 Å². The van der Waals surface area contributed by atoms with Crippen molar-refractivity contribution in [2.45, 2.75) is 20.0 Å². The second-order valence-electron chi connectivity index (χ2n) is 4.24. The van der Waals surface area contributed by atoms with E-state index in [0.717, 1.165) is 36.5 Å². The molecule has 1 aromatic rings. The Morgan fingerprint density at radius 3 is 2.76 bits per heavy atom. The molecule has 2 rings (SSSR count). The van der Waals surface area contributed by atoms with E-state index in [1.165, 1.54) is 0 Å². The lowest BCUT2D eigenvalue weighted by Gasteiger charge is -2.30. The van der Waals surface area contributed by atoms with Crippen LogP contribution in [0.3, 0.4) is 0 Å². The molecule has 0 saturated carbocycles. The minimum Gasteiger partial charge on any atom is -0.473 e. The highest BCUT2D eigenvalue weighted by molar-refractivity contribution is 9.10. The molecule has 0 unspecified atom stereocenters. The Bertz CT molecular complexity index is 379. The Kier molecular flexibility index (Phi) is 4.23. The zero-order valence-electron chi connectivity index (χ0n) is 10.1. The van der Waals surface area contributed by atoms with Crippen LogP contribution in [0, 0.1) is 0 Å². The number of hydrogen-bond acceptors (Lipinski definition) is 4. The molecule has 4 nitrogen and oxygen atoms in total. The highest BCUT2D eigenvalue weighted by Crippen LogP contribution is 2.30. The molecule has 1 saturated heterocycles. The summed E-state index contributed by atoms with van der Waals surface area (Å²) in [5.74, 6) is 0.699. The predicted octanol–water partition coefficient (Wildman–Crippen LogP) is 2.47.